The monoisotopic (exact) mass is 517 g/mol. The van der Waals surface area contributed by atoms with Crippen molar-refractivity contribution in [2.45, 2.75) is 31.6 Å². The molecule has 10 nitrogen and oxygen atoms in total. The van der Waals surface area contributed by atoms with E-state index in [4.69, 9.17) is 31.6 Å². The van der Waals surface area contributed by atoms with Crippen molar-refractivity contribution >= 4 is 53.9 Å². The SMILES string of the molecule is CSCC[C@H](NC(=O)c1ccc(N)c(C)c1)C(=O)O.N[C@@H](CS)C(=O)O.O=C(O)C(F)(F)F. The van der Waals surface area contributed by atoms with E-state index in [1.807, 2.05) is 6.26 Å². The van der Waals surface area contributed by atoms with Crippen LogP contribution >= 0.6 is 24.4 Å². The number of hydrogen-bond acceptors (Lipinski definition) is 8. The van der Waals surface area contributed by atoms with E-state index in [1.165, 1.54) is 0 Å². The molecular formula is C18H26F3N3O7S2. The van der Waals surface area contributed by atoms with Crippen LogP contribution in [-0.2, 0) is 14.4 Å². The number of hydrogen-bond donors (Lipinski definition) is 7. The Hall–Kier alpha value is -2.65. The van der Waals surface area contributed by atoms with E-state index in [0.29, 0.717) is 23.4 Å². The van der Waals surface area contributed by atoms with Gasteiger partial charge >= 0.3 is 24.1 Å². The lowest BCUT2D eigenvalue weighted by Crippen LogP contribution is -2.41. The molecule has 1 amide bonds. The fourth-order valence-corrected chi connectivity index (χ4v) is 2.26. The van der Waals surface area contributed by atoms with Gasteiger partial charge in [0.25, 0.3) is 5.91 Å². The molecule has 0 aliphatic carbocycles. The van der Waals surface area contributed by atoms with Crippen LogP contribution in [0.4, 0.5) is 18.9 Å². The molecule has 0 bridgehead atoms. The second kappa shape index (κ2) is 16.0. The number of rotatable bonds is 8. The molecule has 0 fully saturated rings. The van der Waals surface area contributed by atoms with Crippen molar-refractivity contribution in [1.29, 1.82) is 0 Å². The Morgan fingerprint density at radius 2 is 1.67 bits per heavy atom. The quantitative estimate of drug-likeness (QED) is 0.196. The topological polar surface area (TPSA) is 193 Å². The van der Waals surface area contributed by atoms with Gasteiger partial charge in [-0.25, -0.2) is 9.59 Å². The van der Waals surface area contributed by atoms with Crippen LogP contribution < -0.4 is 16.8 Å². The second-order valence-corrected chi connectivity index (χ2v) is 7.50. The van der Waals surface area contributed by atoms with Crippen LogP contribution in [-0.4, -0.2) is 75.2 Å². The smallest absolute Gasteiger partial charge is 0.480 e. The van der Waals surface area contributed by atoms with E-state index >= 15 is 0 Å². The number of anilines is 1. The van der Waals surface area contributed by atoms with Crippen LogP contribution in [0.5, 0.6) is 0 Å². The van der Waals surface area contributed by atoms with E-state index in [-0.39, 0.29) is 5.75 Å². The van der Waals surface area contributed by atoms with Crippen LogP contribution in [0.15, 0.2) is 18.2 Å². The normalized spacial score (nSPS) is 12.1. The first-order valence-corrected chi connectivity index (χ1v) is 10.9. The highest BCUT2D eigenvalue weighted by Gasteiger charge is 2.38. The third-order valence-electron chi connectivity index (χ3n) is 3.50. The second-order valence-electron chi connectivity index (χ2n) is 6.15. The molecule has 0 radical (unpaired) electrons. The van der Waals surface area contributed by atoms with Gasteiger partial charge in [-0.3, -0.25) is 9.59 Å². The fourth-order valence-electron chi connectivity index (χ4n) is 1.63. The summed E-state index contributed by atoms with van der Waals surface area (Å²) in [5.74, 6) is -4.30. The lowest BCUT2D eigenvalue weighted by molar-refractivity contribution is -0.192. The molecule has 1 aromatic carbocycles. The van der Waals surface area contributed by atoms with Crippen molar-refractivity contribution < 1.29 is 47.7 Å². The number of carbonyl (C=O) groups is 4. The van der Waals surface area contributed by atoms with Crippen molar-refractivity contribution in [1.82, 2.24) is 5.32 Å². The maximum atomic E-state index is 12.0. The number of halogens is 3. The highest BCUT2D eigenvalue weighted by molar-refractivity contribution is 7.98. The van der Waals surface area contributed by atoms with Gasteiger partial charge in [-0.1, -0.05) is 0 Å². The van der Waals surface area contributed by atoms with Gasteiger partial charge in [0, 0.05) is 17.0 Å². The summed E-state index contributed by atoms with van der Waals surface area (Å²) < 4.78 is 31.7. The van der Waals surface area contributed by atoms with Crippen molar-refractivity contribution in [3.63, 3.8) is 0 Å². The molecule has 0 saturated carbocycles. The average molecular weight is 518 g/mol. The Kier molecular flexibility index (Phi) is 15.8. The highest BCUT2D eigenvalue weighted by atomic mass is 32.2. The molecule has 15 heteroatoms. The maximum absolute atomic E-state index is 12.0. The Labute approximate surface area is 197 Å². The molecule has 1 rings (SSSR count). The predicted molar refractivity (Wildman–Crippen MR) is 121 cm³/mol. The number of alkyl halides is 3. The van der Waals surface area contributed by atoms with Gasteiger partial charge in [0.05, 0.1) is 0 Å². The molecule has 2 atom stereocenters. The predicted octanol–water partition coefficient (Wildman–Crippen LogP) is 1.47. The van der Waals surface area contributed by atoms with Crippen molar-refractivity contribution in [3.05, 3.63) is 29.3 Å². The maximum Gasteiger partial charge on any atom is 0.490 e. The van der Waals surface area contributed by atoms with Gasteiger partial charge in [0.1, 0.15) is 12.1 Å². The lowest BCUT2D eigenvalue weighted by atomic mass is 10.1. The van der Waals surface area contributed by atoms with Gasteiger partial charge in [0.2, 0.25) is 0 Å². The van der Waals surface area contributed by atoms with Gasteiger partial charge < -0.3 is 32.1 Å². The molecule has 33 heavy (non-hydrogen) atoms. The number of nitrogens with one attached hydrogen (secondary N) is 1. The number of thioether (sulfide) groups is 1. The third kappa shape index (κ3) is 14.9. The van der Waals surface area contributed by atoms with Crippen molar-refractivity contribution in [2.24, 2.45) is 5.73 Å². The standard InChI is InChI=1S/C13H18N2O3S.C3H7NO2S.C2HF3O2/c1-8-7-9(3-4-10(8)14)12(16)15-11(13(17)18)5-6-19-2;4-2(1-7)3(5)6;3-2(4,5)1(6)7/h3-4,7,11H,5-6,14H2,1-2H3,(H,15,16)(H,17,18);2,7H,1,4H2,(H,5,6);(H,6,7)/t11-;2-;/m00./s1. The summed E-state index contributed by atoms with van der Waals surface area (Å²) in [7, 11) is 0. The van der Waals surface area contributed by atoms with E-state index in [1.54, 1.807) is 36.9 Å². The van der Waals surface area contributed by atoms with Gasteiger partial charge in [-0.2, -0.15) is 37.6 Å². The molecule has 0 aromatic heterocycles. The number of aliphatic carboxylic acids is 3. The number of nitrogen functional groups attached to an aromatic ring is 1. The van der Waals surface area contributed by atoms with Crippen molar-refractivity contribution in [3.8, 4) is 0 Å². The van der Waals surface area contributed by atoms with Crippen LogP contribution in [0.1, 0.15) is 22.3 Å². The molecule has 0 heterocycles. The zero-order valence-corrected chi connectivity index (χ0v) is 19.3. The number of carboxylic acid groups (broad SMARTS) is 3. The van der Waals surface area contributed by atoms with Crippen LogP contribution in [0, 0.1) is 6.92 Å². The first-order valence-electron chi connectivity index (χ1n) is 8.86. The van der Waals surface area contributed by atoms with E-state index in [0.717, 1.165) is 5.56 Å². The number of carboxylic acids is 3. The summed E-state index contributed by atoms with van der Waals surface area (Å²) in [6.45, 7) is 1.80. The molecule has 0 aliphatic heterocycles. The zero-order valence-electron chi connectivity index (χ0n) is 17.6. The number of thiol groups is 1. The molecule has 1 aromatic rings. The first-order chi connectivity index (χ1) is 15.1. The number of benzene rings is 1. The summed E-state index contributed by atoms with van der Waals surface area (Å²) in [6.07, 6.45) is -2.79. The summed E-state index contributed by atoms with van der Waals surface area (Å²) in [4.78, 5) is 41.7. The molecule has 0 aliphatic rings. The molecule has 0 unspecified atom stereocenters. The lowest BCUT2D eigenvalue weighted by Gasteiger charge is -2.14. The van der Waals surface area contributed by atoms with E-state index in [2.05, 4.69) is 17.9 Å². The Morgan fingerprint density at radius 1 is 1.15 bits per heavy atom. The highest BCUT2D eigenvalue weighted by Crippen LogP contribution is 2.14. The third-order valence-corrected chi connectivity index (χ3v) is 4.54. The first kappa shape index (κ1) is 32.5. The minimum absolute atomic E-state index is 0.190. The minimum atomic E-state index is -5.08. The number of amides is 1. The number of carbonyl (C=O) groups excluding carboxylic acids is 1. The number of nitrogens with two attached hydrogens (primary N) is 2. The Balaban J connectivity index is 0. The zero-order chi connectivity index (χ0) is 26.4. The van der Waals surface area contributed by atoms with Crippen molar-refractivity contribution in [2.75, 3.05) is 23.5 Å². The Morgan fingerprint density at radius 3 is 1.97 bits per heavy atom. The van der Waals surface area contributed by atoms with Gasteiger partial charge in [0.15, 0.2) is 0 Å². The average Bonchev–Trinajstić information content (AvgIpc) is 2.72. The largest absolute Gasteiger partial charge is 0.490 e. The molecule has 0 saturated heterocycles. The van der Waals surface area contributed by atoms with Gasteiger partial charge in [-0.05, 0) is 49.1 Å². The molecule has 0 spiro atoms. The fraction of sp³-hybridized carbons (Fsp3) is 0.444. The van der Waals surface area contributed by atoms with Crippen LogP contribution in [0.2, 0.25) is 0 Å². The summed E-state index contributed by atoms with van der Waals surface area (Å²) in [5, 5.41) is 26.7. The summed E-state index contributed by atoms with van der Waals surface area (Å²) in [5.41, 5.74) is 12.4. The summed E-state index contributed by atoms with van der Waals surface area (Å²) >= 11 is 5.19. The molecular weight excluding hydrogens is 491 g/mol. The van der Waals surface area contributed by atoms with Crippen LogP contribution in [0.25, 0.3) is 0 Å². The molecule has 8 N–H and O–H groups in total. The Bertz CT molecular complexity index is 811. The minimum Gasteiger partial charge on any atom is -0.480 e. The van der Waals surface area contributed by atoms with E-state index in [9.17, 15) is 27.6 Å². The molecule has 188 valence electrons. The van der Waals surface area contributed by atoms with E-state index < -0.39 is 42.1 Å². The van der Waals surface area contributed by atoms with Crippen LogP contribution in [0.3, 0.4) is 0 Å². The van der Waals surface area contributed by atoms with Gasteiger partial charge in [-0.15, -0.1) is 0 Å². The number of aryl methyl sites for hydroxylation is 1. The summed E-state index contributed by atoms with van der Waals surface area (Å²) in [6, 6.07) is 3.20.